The SMILES string of the molecule is CC(C)(C)OC(=O)NC(C)(C)C(=O)OCc1oc(=O)oc1CBr. The Morgan fingerprint density at radius 2 is 1.70 bits per heavy atom. The molecule has 0 aliphatic heterocycles. The molecule has 8 nitrogen and oxygen atoms in total. The molecular formula is C14H20BrNO7. The van der Waals surface area contributed by atoms with Gasteiger partial charge in [0.05, 0.1) is 5.33 Å². The van der Waals surface area contributed by atoms with E-state index < -0.39 is 29.0 Å². The van der Waals surface area contributed by atoms with Gasteiger partial charge in [-0.1, -0.05) is 15.9 Å². The summed E-state index contributed by atoms with van der Waals surface area (Å²) in [5, 5.41) is 2.66. The second-order valence-corrected chi connectivity index (χ2v) is 6.82. The Morgan fingerprint density at radius 1 is 1.13 bits per heavy atom. The molecule has 0 aliphatic rings. The first-order valence-corrected chi connectivity index (χ1v) is 7.93. The number of rotatable bonds is 5. The molecule has 0 atom stereocenters. The summed E-state index contributed by atoms with van der Waals surface area (Å²) >= 11 is 3.12. The summed E-state index contributed by atoms with van der Waals surface area (Å²) in [6.45, 7) is 7.78. The van der Waals surface area contributed by atoms with Gasteiger partial charge in [-0.15, -0.1) is 0 Å². The molecule has 1 aromatic rings. The lowest BCUT2D eigenvalue weighted by Crippen LogP contribution is -2.51. The minimum absolute atomic E-state index is 0.105. The van der Waals surface area contributed by atoms with Crippen molar-refractivity contribution in [1.29, 1.82) is 0 Å². The molecule has 130 valence electrons. The average Bonchev–Trinajstić information content (AvgIpc) is 2.73. The molecule has 1 N–H and O–H groups in total. The van der Waals surface area contributed by atoms with Gasteiger partial charge in [0.25, 0.3) is 0 Å². The normalized spacial score (nSPS) is 11.9. The Balaban J connectivity index is 2.64. The van der Waals surface area contributed by atoms with Crippen LogP contribution in [0.2, 0.25) is 0 Å². The van der Waals surface area contributed by atoms with Gasteiger partial charge in [0.15, 0.2) is 18.1 Å². The van der Waals surface area contributed by atoms with Crippen LogP contribution in [0.5, 0.6) is 0 Å². The van der Waals surface area contributed by atoms with Crippen molar-refractivity contribution >= 4 is 28.0 Å². The van der Waals surface area contributed by atoms with Gasteiger partial charge in [-0.2, -0.15) is 0 Å². The smallest absolute Gasteiger partial charge is 0.456 e. The molecular weight excluding hydrogens is 374 g/mol. The molecule has 0 spiro atoms. The van der Waals surface area contributed by atoms with E-state index in [4.69, 9.17) is 18.3 Å². The van der Waals surface area contributed by atoms with Gasteiger partial charge < -0.3 is 23.6 Å². The van der Waals surface area contributed by atoms with Crippen LogP contribution < -0.4 is 11.1 Å². The number of carbonyl (C=O) groups excluding carboxylic acids is 2. The zero-order chi connectivity index (χ0) is 17.8. The van der Waals surface area contributed by atoms with Gasteiger partial charge in [0.2, 0.25) is 0 Å². The fraction of sp³-hybridized carbons (Fsp3) is 0.643. The molecule has 1 aromatic heterocycles. The summed E-state index contributed by atoms with van der Waals surface area (Å²) in [4.78, 5) is 34.8. The number of esters is 1. The number of ether oxygens (including phenoxy) is 2. The number of hydrogen-bond acceptors (Lipinski definition) is 7. The lowest BCUT2D eigenvalue weighted by atomic mass is 10.1. The Hall–Kier alpha value is -1.77. The van der Waals surface area contributed by atoms with E-state index in [0.717, 1.165) is 0 Å². The van der Waals surface area contributed by atoms with Crippen LogP contribution in [-0.2, 0) is 26.2 Å². The number of alkyl carbamates (subject to hydrolysis) is 1. The number of hydrogen-bond donors (Lipinski definition) is 1. The first-order chi connectivity index (χ1) is 10.4. The van der Waals surface area contributed by atoms with Gasteiger partial charge in [-0.3, -0.25) is 0 Å². The van der Waals surface area contributed by atoms with Gasteiger partial charge in [-0.05, 0) is 34.6 Å². The highest BCUT2D eigenvalue weighted by Crippen LogP contribution is 2.15. The van der Waals surface area contributed by atoms with Crippen LogP contribution in [0.15, 0.2) is 13.6 Å². The van der Waals surface area contributed by atoms with Gasteiger partial charge in [0.1, 0.15) is 11.1 Å². The summed E-state index contributed by atoms with van der Waals surface area (Å²) in [5.41, 5.74) is -2.00. The van der Waals surface area contributed by atoms with Gasteiger partial charge in [-0.25, -0.2) is 14.4 Å². The van der Waals surface area contributed by atoms with Crippen molar-refractivity contribution in [3.63, 3.8) is 0 Å². The fourth-order valence-electron chi connectivity index (χ4n) is 1.47. The first-order valence-electron chi connectivity index (χ1n) is 6.80. The monoisotopic (exact) mass is 393 g/mol. The van der Waals surface area contributed by atoms with Gasteiger partial charge in [0, 0.05) is 0 Å². The third-order valence-electron chi connectivity index (χ3n) is 2.50. The van der Waals surface area contributed by atoms with E-state index in [2.05, 4.69) is 21.2 Å². The molecule has 0 aliphatic carbocycles. The molecule has 0 saturated carbocycles. The van der Waals surface area contributed by atoms with E-state index in [9.17, 15) is 14.4 Å². The van der Waals surface area contributed by atoms with Crippen molar-refractivity contribution < 1.29 is 27.9 Å². The summed E-state index contributed by atoms with van der Waals surface area (Å²) in [5.74, 6) is -1.25. The largest absolute Gasteiger partial charge is 0.519 e. The van der Waals surface area contributed by atoms with Gasteiger partial charge >= 0.3 is 17.9 Å². The predicted octanol–water partition coefficient (Wildman–Crippen LogP) is 2.47. The minimum atomic E-state index is -1.32. The third-order valence-corrected chi connectivity index (χ3v) is 3.01. The molecule has 1 rings (SSSR count). The van der Waals surface area contributed by atoms with E-state index >= 15 is 0 Å². The van der Waals surface area contributed by atoms with Crippen LogP contribution in [0.4, 0.5) is 4.79 Å². The van der Waals surface area contributed by atoms with E-state index in [1.54, 1.807) is 20.8 Å². The second kappa shape index (κ2) is 7.20. The summed E-state index contributed by atoms with van der Waals surface area (Å²) < 4.78 is 19.7. The lowest BCUT2D eigenvalue weighted by molar-refractivity contribution is -0.152. The van der Waals surface area contributed by atoms with Crippen LogP contribution in [0.25, 0.3) is 0 Å². The van der Waals surface area contributed by atoms with Crippen molar-refractivity contribution in [3.8, 4) is 0 Å². The van der Waals surface area contributed by atoms with Crippen molar-refractivity contribution in [2.45, 2.75) is 57.7 Å². The number of nitrogens with one attached hydrogen (secondary N) is 1. The molecule has 0 unspecified atom stereocenters. The van der Waals surface area contributed by atoms with E-state index in [-0.39, 0.29) is 23.5 Å². The second-order valence-electron chi connectivity index (χ2n) is 6.26. The zero-order valence-electron chi connectivity index (χ0n) is 13.6. The molecule has 1 amide bonds. The summed E-state index contributed by atoms with van der Waals surface area (Å²) in [6, 6.07) is 0. The van der Waals surface area contributed by atoms with E-state index in [1.807, 2.05) is 0 Å². The van der Waals surface area contributed by atoms with Crippen LogP contribution in [0, 0.1) is 0 Å². The number of alkyl halides is 1. The zero-order valence-corrected chi connectivity index (χ0v) is 15.2. The molecule has 0 bridgehead atoms. The predicted molar refractivity (Wildman–Crippen MR) is 83.1 cm³/mol. The van der Waals surface area contributed by atoms with Crippen molar-refractivity contribution in [1.82, 2.24) is 5.32 Å². The highest BCUT2D eigenvalue weighted by Gasteiger charge is 2.33. The minimum Gasteiger partial charge on any atom is -0.456 e. The third kappa shape index (κ3) is 6.09. The molecule has 0 radical (unpaired) electrons. The van der Waals surface area contributed by atoms with Crippen molar-refractivity contribution in [2.75, 3.05) is 0 Å². The number of halogens is 1. The summed E-state index contributed by atoms with van der Waals surface area (Å²) in [6.07, 6.45) is -0.740. The van der Waals surface area contributed by atoms with Crippen molar-refractivity contribution in [3.05, 3.63) is 22.1 Å². The average molecular weight is 394 g/mol. The highest BCUT2D eigenvalue weighted by atomic mass is 79.9. The fourth-order valence-corrected chi connectivity index (χ4v) is 1.90. The molecule has 23 heavy (non-hydrogen) atoms. The van der Waals surface area contributed by atoms with E-state index in [0.29, 0.717) is 0 Å². The van der Waals surface area contributed by atoms with Crippen LogP contribution in [0.1, 0.15) is 46.1 Å². The summed E-state index contributed by atoms with van der Waals surface area (Å²) in [7, 11) is 0. The maximum atomic E-state index is 12.1. The Morgan fingerprint density at radius 3 is 2.22 bits per heavy atom. The van der Waals surface area contributed by atoms with Crippen LogP contribution >= 0.6 is 15.9 Å². The first kappa shape index (κ1) is 19.3. The quantitative estimate of drug-likeness (QED) is 0.604. The van der Waals surface area contributed by atoms with Crippen molar-refractivity contribution in [2.24, 2.45) is 0 Å². The van der Waals surface area contributed by atoms with Crippen LogP contribution in [-0.4, -0.2) is 23.2 Å². The topological polar surface area (TPSA) is 108 Å². The Labute approximate surface area is 141 Å². The number of carbonyl (C=O) groups is 2. The van der Waals surface area contributed by atoms with E-state index in [1.165, 1.54) is 13.8 Å². The molecule has 0 saturated heterocycles. The Bertz CT molecular complexity index is 624. The molecule has 1 heterocycles. The Kier molecular flexibility index (Phi) is 6.04. The molecule has 0 fully saturated rings. The lowest BCUT2D eigenvalue weighted by Gasteiger charge is -2.26. The molecule has 0 aromatic carbocycles. The van der Waals surface area contributed by atoms with Crippen LogP contribution in [0.3, 0.4) is 0 Å². The maximum absolute atomic E-state index is 12.1. The highest BCUT2D eigenvalue weighted by molar-refractivity contribution is 9.08. The maximum Gasteiger partial charge on any atom is 0.519 e. The molecule has 9 heteroatoms. The standard InChI is InChI=1S/C14H20BrNO7/c1-13(2,3)23-11(18)16-14(4,5)10(17)20-7-9-8(6-15)21-12(19)22-9/h6-7H2,1-5H3,(H,16,18). The number of amides is 1.